The Morgan fingerprint density at radius 3 is 2.84 bits per heavy atom. The number of nitrogen functional groups attached to an aromatic ring is 1. The molecule has 2 N–H and O–H groups in total. The molecule has 2 aromatic heterocycles. The number of rotatable bonds is 2. The number of anilines is 1. The number of benzene rings is 1. The molecule has 19 heavy (non-hydrogen) atoms. The van der Waals surface area contributed by atoms with Gasteiger partial charge < -0.3 is 14.9 Å². The fourth-order valence-electron chi connectivity index (χ4n) is 2.18. The minimum absolute atomic E-state index is 0.449. The lowest BCUT2D eigenvalue weighted by Gasteiger charge is -2.08. The van der Waals surface area contributed by atoms with Crippen molar-refractivity contribution in [1.29, 1.82) is 0 Å². The molecule has 0 unspecified atom stereocenters. The molecule has 0 amide bonds. The molecule has 3 aromatic rings. The topological polar surface area (TPSA) is 61.3 Å². The van der Waals surface area contributed by atoms with E-state index >= 15 is 0 Å². The van der Waals surface area contributed by atoms with Crippen molar-refractivity contribution < 1.29 is 9.15 Å². The number of hydrogen-bond donors (Lipinski definition) is 1. The third-order valence-corrected chi connectivity index (χ3v) is 3.13. The summed E-state index contributed by atoms with van der Waals surface area (Å²) in [6, 6.07) is 7.76. The lowest BCUT2D eigenvalue weighted by molar-refractivity contribution is 0.416. The van der Waals surface area contributed by atoms with Gasteiger partial charge in [0.15, 0.2) is 0 Å². The number of hydrogen-bond acceptors (Lipinski definition) is 4. The SMILES string of the molecule is COc1ccc(C)cc1-c1coc2cc(N)ncc12. The van der Waals surface area contributed by atoms with Crippen LogP contribution >= 0.6 is 0 Å². The normalized spacial score (nSPS) is 10.8. The zero-order chi connectivity index (χ0) is 13.4. The van der Waals surface area contributed by atoms with E-state index in [2.05, 4.69) is 11.1 Å². The van der Waals surface area contributed by atoms with E-state index in [4.69, 9.17) is 14.9 Å². The summed E-state index contributed by atoms with van der Waals surface area (Å²) in [5, 5.41) is 0.929. The van der Waals surface area contributed by atoms with Crippen molar-refractivity contribution in [2.24, 2.45) is 0 Å². The number of methoxy groups -OCH3 is 1. The fourth-order valence-corrected chi connectivity index (χ4v) is 2.18. The molecular formula is C15H14N2O2. The van der Waals surface area contributed by atoms with Crippen molar-refractivity contribution in [3.05, 3.63) is 42.3 Å². The van der Waals surface area contributed by atoms with Gasteiger partial charge in [0.1, 0.15) is 17.2 Å². The van der Waals surface area contributed by atoms with E-state index in [1.807, 2.05) is 19.1 Å². The summed E-state index contributed by atoms with van der Waals surface area (Å²) in [5.74, 6) is 1.26. The highest BCUT2D eigenvalue weighted by Crippen LogP contribution is 2.36. The monoisotopic (exact) mass is 254 g/mol. The van der Waals surface area contributed by atoms with Crippen LogP contribution in [-0.4, -0.2) is 12.1 Å². The first-order valence-electron chi connectivity index (χ1n) is 5.97. The number of fused-ring (bicyclic) bond motifs is 1. The van der Waals surface area contributed by atoms with Gasteiger partial charge in [0, 0.05) is 28.8 Å². The average molecular weight is 254 g/mol. The Hall–Kier alpha value is -2.49. The van der Waals surface area contributed by atoms with Gasteiger partial charge in [-0.05, 0) is 19.1 Å². The van der Waals surface area contributed by atoms with Crippen LogP contribution in [0.5, 0.6) is 5.75 Å². The molecule has 0 spiro atoms. The first kappa shape index (κ1) is 11.6. The first-order valence-corrected chi connectivity index (χ1v) is 5.97. The molecule has 0 atom stereocenters. The number of nitrogens with two attached hydrogens (primary N) is 1. The number of aryl methyl sites for hydroxylation is 1. The smallest absolute Gasteiger partial charge is 0.139 e. The van der Waals surface area contributed by atoms with Gasteiger partial charge in [-0.15, -0.1) is 0 Å². The summed E-state index contributed by atoms with van der Waals surface area (Å²) < 4.78 is 11.0. The van der Waals surface area contributed by atoms with E-state index in [1.54, 1.807) is 25.6 Å². The summed E-state index contributed by atoms with van der Waals surface area (Å²) in [4.78, 5) is 4.12. The van der Waals surface area contributed by atoms with Gasteiger partial charge in [-0.2, -0.15) is 0 Å². The Morgan fingerprint density at radius 1 is 1.21 bits per heavy atom. The molecule has 0 saturated heterocycles. The van der Waals surface area contributed by atoms with Gasteiger partial charge in [-0.3, -0.25) is 0 Å². The zero-order valence-electron chi connectivity index (χ0n) is 10.8. The highest BCUT2D eigenvalue weighted by Gasteiger charge is 2.13. The summed E-state index contributed by atoms with van der Waals surface area (Å²) >= 11 is 0. The summed E-state index contributed by atoms with van der Waals surface area (Å²) in [6.07, 6.45) is 3.44. The molecule has 0 saturated carbocycles. The Morgan fingerprint density at radius 2 is 2.05 bits per heavy atom. The van der Waals surface area contributed by atoms with Gasteiger partial charge in [0.25, 0.3) is 0 Å². The minimum atomic E-state index is 0.449. The van der Waals surface area contributed by atoms with Crippen LogP contribution in [0.1, 0.15) is 5.56 Å². The van der Waals surface area contributed by atoms with E-state index in [0.717, 1.165) is 33.4 Å². The lowest BCUT2D eigenvalue weighted by Crippen LogP contribution is -1.90. The van der Waals surface area contributed by atoms with Crippen LogP contribution in [-0.2, 0) is 0 Å². The highest BCUT2D eigenvalue weighted by molar-refractivity contribution is 5.95. The van der Waals surface area contributed by atoms with Gasteiger partial charge in [-0.1, -0.05) is 11.6 Å². The molecule has 2 heterocycles. The van der Waals surface area contributed by atoms with Crippen LogP contribution in [0.4, 0.5) is 5.82 Å². The first-order chi connectivity index (χ1) is 9.19. The van der Waals surface area contributed by atoms with Gasteiger partial charge in [0.2, 0.25) is 0 Å². The van der Waals surface area contributed by atoms with Crippen molar-refractivity contribution in [1.82, 2.24) is 4.98 Å². The fraction of sp³-hybridized carbons (Fsp3) is 0.133. The zero-order valence-corrected chi connectivity index (χ0v) is 10.8. The second-order valence-electron chi connectivity index (χ2n) is 4.46. The third kappa shape index (κ3) is 1.91. The quantitative estimate of drug-likeness (QED) is 0.761. The summed E-state index contributed by atoms with van der Waals surface area (Å²) in [5.41, 5.74) is 9.50. The molecule has 0 fully saturated rings. The van der Waals surface area contributed by atoms with Crippen molar-refractivity contribution in [2.45, 2.75) is 6.92 Å². The van der Waals surface area contributed by atoms with Crippen LogP contribution in [0.25, 0.3) is 22.1 Å². The van der Waals surface area contributed by atoms with Crippen molar-refractivity contribution >= 4 is 16.8 Å². The Balaban J connectivity index is 2.27. The number of ether oxygens (including phenoxy) is 1. The maximum Gasteiger partial charge on any atom is 0.139 e. The molecule has 0 bridgehead atoms. The van der Waals surface area contributed by atoms with Crippen LogP contribution in [0, 0.1) is 6.92 Å². The average Bonchev–Trinajstić information content (AvgIpc) is 2.81. The number of pyridine rings is 1. The number of nitrogens with zero attached hydrogens (tertiary/aromatic N) is 1. The van der Waals surface area contributed by atoms with Gasteiger partial charge >= 0.3 is 0 Å². The van der Waals surface area contributed by atoms with Crippen molar-refractivity contribution in [3.8, 4) is 16.9 Å². The largest absolute Gasteiger partial charge is 0.496 e. The van der Waals surface area contributed by atoms with Crippen molar-refractivity contribution in [3.63, 3.8) is 0 Å². The number of furan rings is 1. The van der Waals surface area contributed by atoms with Gasteiger partial charge in [-0.25, -0.2) is 4.98 Å². The third-order valence-electron chi connectivity index (χ3n) is 3.13. The highest BCUT2D eigenvalue weighted by atomic mass is 16.5. The molecule has 3 rings (SSSR count). The lowest BCUT2D eigenvalue weighted by atomic mass is 10.0. The predicted octanol–water partition coefficient (Wildman–Crippen LogP) is 3.39. The predicted molar refractivity (Wildman–Crippen MR) is 75.1 cm³/mol. The van der Waals surface area contributed by atoms with Crippen LogP contribution in [0.2, 0.25) is 0 Å². The molecule has 96 valence electrons. The Bertz CT molecular complexity index is 747. The van der Waals surface area contributed by atoms with Crippen LogP contribution in [0.15, 0.2) is 41.1 Å². The van der Waals surface area contributed by atoms with E-state index in [1.165, 1.54) is 0 Å². The standard InChI is InChI=1S/C15H14N2O2/c1-9-3-4-13(18-2)10(5-9)12-8-19-14-6-15(16)17-7-11(12)14/h3-8H,1-2H3,(H2,16,17). The van der Waals surface area contributed by atoms with E-state index in [9.17, 15) is 0 Å². The summed E-state index contributed by atoms with van der Waals surface area (Å²) in [7, 11) is 1.66. The second kappa shape index (κ2) is 4.31. The molecule has 0 aliphatic carbocycles. The van der Waals surface area contributed by atoms with E-state index in [0.29, 0.717) is 5.82 Å². The number of aromatic nitrogens is 1. The van der Waals surface area contributed by atoms with E-state index < -0.39 is 0 Å². The van der Waals surface area contributed by atoms with Gasteiger partial charge in [0.05, 0.1) is 13.4 Å². The van der Waals surface area contributed by atoms with Crippen molar-refractivity contribution in [2.75, 3.05) is 12.8 Å². The molecule has 0 aliphatic heterocycles. The molecule has 0 radical (unpaired) electrons. The molecular weight excluding hydrogens is 240 g/mol. The summed E-state index contributed by atoms with van der Waals surface area (Å²) in [6.45, 7) is 2.04. The maximum absolute atomic E-state index is 5.66. The molecule has 4 nitrogen and oxygen atoms in total. The molecule has 4 heteroatoms. The Labute approximate surface area is 110 Å². The Kier molecular flexibility index (Phi) is 2.63. The molecule has 0 aliphatic rings. The van der Waals surface area contributed by atoms with Crippen LogP contribution in [0.3, 0.4) is 0 Å². The minimum Gasteiger partial charge on any atom is -0.496 e. The van der Waals surface area contributed by atoms with E-state index in [-0.39, 0.29) is 0 Å². The molecule has 1 aromatic carbocycles. The maximum atomic E-state index is 5.66. The second-order valence-corrected chi connectivity index (χ2v) is 4.46. The van der Waals surface area contributed by atoms with Crippen LogP contribution < -0.4 is 10.5 Å².